The van der Waals surface area contributed by atoms with Crippen molar-refractivity contribution in [2.45, 2.75) is 18.6 Å². The Morgan fingerprint density at radius 1 is 1.45 bits per heavy atom. The highest BCUT2D eigenvalue weighted by Gasteiger charge is 2.29. The summed E-state index contributed by atoms with van der Waals surface area (Å²) in [5.41, 5.74) is 1.88. The zero-order chi connectivity index (χ0) is 14.8. The Labute approximate surface area is 123 Å². The van der Waals surface area contributed by atoms with Crippen LogP contribution in [0.3, 0.4) is 0 Å². The van der Waals surface area contributed by atoms with Crippen LogP contribution in [-0.2, 0) is 11.2 Å². The van der Waals surface area contributed by atoms with Gasteiger partial charge in [0.05, 0.1) is 19.3 Å². The van der Waals surface area contributed by atoms with Crippen molar-refractivity contribution in [3.05, 3.63) is 27.7 Å². The summed E-state index contributed by atoms with van der Waals surface area (Å²) in [5.74, 6) is 0.753. The van der Waals surface area contributed by atoms with Crippen molar-refractivity contribution < 1.29 is 22.6 Å². The number of fused-ring (bicyclic) bond motifs is 1. The van der Waals surface area contributed by atoms with Gasteiger partial charge in [0.25, 0.3) is 0 Å². The zero-order valence-electron chi connectivity index (χ0n) is 10.9. The lowest BCUT2D eigenvalue weighted by atomic mass is 10.0. The number of hydrogen-bond donors (Lipinski definition) is 1. The molecule has 1 aromatic rings. The molecule has 3 nitrogen and oxygen atoms in total. The molecule has 1 unspecified atom stereocenters. The molecule has 1 N–H and O–H groups in total. The molecule has 1 heterocycles. The Kier molecular flexibility index (Phi) is 4.93. The molecule has 0 aliphatic carbocycles. The minimum Gasteiger partial charge on any atom is -0.493 e. The van der Waals surface area contributed by atoms with E-state index in [4.69, 9.17) is 9.47 Å². The van der Waals surface area contributed by atoms with Crippen LogP contribution in [0.15, 0.2) is 16.6 Å². The van der Waals surface area contributed by atoms with Crippen LogP contribution in [0.2, 0.25) is 0 Å². The zero-order valence-corrected chi connectivity index (χ0v) is 12.5. The van der Waals surface area contributed by atoms with E-state index in [9.17, 15) is 13.2 Å². The summed E-state index contributed by atoms with van der Waals surface area (Å²) in [7, 11) is 1.68. The molecule has 1 aliphatic rings. The maximum atomic E-state index is 12.1. The first kappa shape index (κ1) is 15.6. The van der Waals surface area contributed by atoms with Crippen LogP contribution in [0.5, 0.6) is 5.75 Å². The molecule has 0 fully saturated rings. The predicted molar refractivity (Wildman–Crippen MR) is 72.0 cm³/mol. The monoisotopic (exact) mass is 353 g/mol. The van der Waals surface area contributed by atoms with Gasteiger partial charge in [-0.05, 0) is 24.7 Å². The highest BCUT2D eigenvalue weighted by atomic mass is 79.9. The van der Waals surface area contributed by atoms with E-state index in [1.807, 2.05) is 12.1 Å². The molecular formula is C13H15BrF3NO2. The Morgan fingerprint density at radius 3 is 2.85 bits per heavy atom. The smallest absolute Gasteiger partial charge is 0.411 e. The molecule has 0 aromatic heterocycles. The molecule has 0 amide bonds. The number of ether oxygens (including phenoxy) is 2. The lowest BCUT2D eigenvalue weighted by Crippen LogP contribution is -2.26. The maximum Gasteiger partial charge on any atom is 0.411 e. The van der Waals surface area contributed by atoms with Crippen LogP contribution in [0.25, 0.3) is 0 Å². The summed E-state index contributed by atoms with van der Waals surface area (Å²) < 4.78 is 47.6. The second-order valence-electron chi connectivity index (χ2n) is 4.55. The van der Waals surface area contributed by atoms with Crippen molar-refractivity contribution in [3.63, 3.8) is 0 Å². The molecule has 7 heteroatoms. The van der Waals surface area contributed by atoms with Gasteiger partial charge in [-0.25, -0.2) is 0 Å². The first-order chi connectivity index (χ1) is 9.40. The van der Waals surface area contributed by atoms with E-state index in [0.717, 1.165) is 27.8 Å². The van der Waals surface area contributed by atoms with Crippen molar-refractivity contribution >= 4 is 15.9 Å². The van der Waals surface area contributed by atoms with Gasteiger partial charge in [-0.1, -0.05) is 15.9 Å². The summed E-state index contributed by atoms with van der Waals surface area (Å²) in [6.07, 6.45) is -3.50. The van der Waals surface area contributed by atoms with Crippen LogP contribution in [-0.4, -0.2) is 33.0 Å². The van der Waals surface area contributed by atoms with Crippen LogP contribution in [0.4, 0.5) is 13.2 Å². The topological polar surface area (TPSA) is 30.5 Å². The molecule has 0 saturated heterocycles. The fraction of sp³-hybridized carbons (Fsp3) is 0.538. The van der Waals surface area contributed by atoms with E-state index in [1.54, 1.807) is 7.05 Å². The van der Waals surface area contributed by atoms with Gasteiger partial charge in [-0.3, -0.25) is 0 Å². The van der Waals surface area contributed by atoms with E-state index in [-0.39, 0.29) is 12.6 Å². The molecule has 20 heavy (non-hydrogen) atoms. The van der Waals surface area contributed by atoms with Crippen molar-refractivity contribution in [2.75, 3.05) is 26.9 Å². The molecule has 1 aliphatic heterocycles. The highest BCUT2D eigenvalue weighted by Crippen LogP contribution is 2.36. The first-order valence-electron chi connectivity index (χ1n) is 6.17. The van der Waals surface area contributed by atoms with Crippen LogP contribution in [0, 0.1) is 0 Å². The molecular weight excluding hydrogens is 339 g/mol. The van der Waals surface area contributed by atoms with Crippen LogP contribution >= 0.6 is 15.9 Å². The fourth-order valence-corrected chi connectivity index (χ4v) is 2.70. The highest BCUT2D eigenvalue weighted by molar-refractivity contribution is 9.10. The minimum atomic E-state index is -4.31. The normalized spacial score (nSPS) is 15.8. The van der Waals surface area contributed by atoms with Gasteiger partial charge in [-0.15, -0.1) is 0 Å². The van der Waals surface area contributed by atoms with Crippen LogP contribution < -0.4 is 10.1 Å². The number of alkyl halides is 3. The number of halogens is 4. The number of rotatable bonds is 5. The molecule has 0 saturated carbocycles. The Bertz CT molecular complexity index is 479. The Balaban J connectivity index is 2.12. The van der Waals surface area contributed by atoms with Gasteiger partial charge >= 0.3 is 6.18 Å². The van der Waals surface area contributed by atoms with Gasteiger partial charge in [-0.2, -0.15) is 13.2 Å². The van der Waals surface area contributed by atoms with Gasteiger partial charge in [0, 0.05) is 16.5 Å². The van der Waals surface area contributed by atoms with Crippen molar-refractivity contribution in [2.24, 2.45) is 0 Å². The molecule has 0 bridgehead atoms. The molecule has 0 radical (unpaired) electrons. The average Bonchev–Trinajstić information content (AvgIpc) is 2.80. The summed E-state index contributed by atoms with van der Waals surface area (Å²) in [6.45, 7) is -0.719. The molecule has 0 spiro atoms. The van der Waals surface area contributed by atoms with E-state index in [1.165, 1.54) is 0 Å². The van der Waals surface area contributed by atoms with Crippen molar-refractivity contribution in [3.8, 4) is 5.75 Å². The molecule has 1 atom stereocenters. The number of benzene rings is 1. The molecule has 112 valence electrons. The average molecular weight is 354 g/mol. The SMILES string of the molecule is CNC(COCC(F)(F)F)c1cc(Br)cc2c1OCC2. The third-order valence-corrected chi connectivity index (χ3v) is 3.51. The van der Waals surface area contributed by atoms with Gasteiger partial charge in [0.1, 0.15) is 12.4 Å². The Morgan fingerprint density at radius 2 is 2.20 bits per heavy atom. The molecule has 2 rings (SSSR count). The van der Waals surface area contributed by atoms with E-state index in [2.05, 4.69) is 21.2 Å². The lowest BCUT2D eigenvalue weighted by molar-refractivity contribution is -0.175. The fourth-order valence-electron chi connectivity index (χ4n) is 2.18. The molecule has 1 aromatic carbocycles. The van der Waals surface area contributed by atoms with E-state index >= 15 is 0 Å². The third kappa shape index (κ3) is 3.86. The second kappa shape index (κ2) is 6.32. The largest absolute Gasteiger partial charge is 0.493 e. The van der Waals surface area contributed by atoms with Gasteiger partial charge < -0.3 is 14.8 Å². The van der Waals surface area contributed by atoms with E-state index < -0.39 is 12.8 Å². The number of hydrogen-bond acceptors (Lipinski definition) is 3. The first-order valence-corrected chi connectivity index (χ1v) is 6.97. The number of nitrogens with one attached hydrogen (secondary N) is 1. The Hall–Kier alpha value is -0.790. The van der Waals surface area contributed by atoms with Crippen molar-refractivity contribution in [1.29, 1.82) is 0 Å². The lowest BCUT2D eigenvalue weighted by Gasteiger charge is -2.20. The van der Waals surface area contributed by atoms with Crippen LogP contribution in [0.1, 0.15) is 17.2 Å². The van der Waals surface area contributed by atoms with E-state index in [0.29, 0.717) is 6.61 Å². The minimum absolute atomic E-state index is 0.0672. The summed E-state index contributed by atoms with van der Waals surface area (Å²) in [4.78, 5) is 0. The second-order valence-corrected chi connectivity index (χ2v) is 5.47. The maximum absolute atomic E-state index is 12.1. The predicted octanol–water partition coefficient (Wildman–Crippen LogP) is 3.22. The summed E-state index contributed by atoms with van der Waals surface area (Å²) >= 11 is 3.41. The standard InChI is InChI=1S/C13H15BrF3NO2/c1-18-11(6-19-7-13(15,16)17)10-5-9(14)4-8-2-3-20-12(8)10/h4-5,11,18H,2-3,6-7H2,1H3. The van der Waals surface area contributed by atoms with Gasteiger partial charge in [0.15, 0.2) is 0 Å². The van der Waals surface area contributed by atoms with Gasteiger partial charge in [0.2, 0.25) is 0 Å². The quantitative estimate of drug-likeness (QED) is 0.881. The van der Waals surface area contributed by atoms with Crippen molar-refractivity contribution in [1.82, 2.24) is 5.32 Å². The third-order valence-electron chi connectivity index (χ3n) is 3.05. The summed E-state index contributed by atoms with van der Waals surface area (Å²) in [5, 5.41) is 2.97. The number of likely N-dealkylation sites (N-methyl/N-ethyl adjacent to an activating group) is 1. The summed E-state index contributed by atoms with van der Waals surface area (Å²) in [6, 6.07) is 3.47.